The Hall–Kier alpha value is -2.20. The minimum atomic E-state index is 0.266. The molecule has 0 saturated heterocycles. The third kappa shape index (κ3) is 2.30. The van der Waals surface area contributed by atoms with Crippen LogP contribution in [0.1, 0.15) is 11.3 Å². The van der Waals surface area contributed by atoms with Gasteiger partial charge in [-0.3, -0.25) is 0 Å². The van der Waals surface area contributed by atoms with Crippen LogP contribution in [-0.4, -0.2) is 11.3 Å². The lowest BCUT2D eigenvalue weighted by atomic mass is 10.1. The molecule has 0 aliphatic heterocycles. The number of benzene rings is 1. The predicted octanol–water partition coefficient (Wildman–Crippen LogP) is 4.12. The van der Waals surface area contributed by atoms with Crippen molar-refractivity contribution in [2.75, 3.05) is 0 Å². The molecule has 3 aromatic rings. The van der Waals surface area contributed by atoms with Crippen LogP contribution in [0.5, 0.6) is 0 Å². The molecule has 2 aromatic heterocycles. The number of oxazole rings is 1. The zero-order chi connectivity index (χ0) is 13.9. The molecule has 0 radical (unpaired) electrons. The minimum absolute atomic E-state index is 0.266. The largest absolute Gasteiger partial charge is 0.435 e. The number of thiophene rings is 1. The summed E-state index contributed by atoms with van der Waals surface area (Å²) in [6.45, 7) is 2.02. The fourth-order valence-electron chi connectivity index (χ4n) is 2.10. The number of hydrogen-bond donors (Lipinski definition) is 0. The average molecular weight is 283 g/mol. The topological polar surface area (TPSA) is 43.1 Å². The van der Waals surface area contributed by atoms with E-state index in [9.17, 15) is 4.79 Å². The van der Waals surface area contributed by atoms with Crippen molar-refractivity contribution in [3.63, 3.8) is 0 Å². The second-order valence-corrected chi connectivity index (χ2v) is 5.41. The lowest BCUT2D eigenvalue weighted by Crippen LogP contribution is -1.89. The molecular formula is C16H13NO2S. The van der Waals surface area contributed by atoms with Gasteiger partial charge < -0.3 is 9.21 Å². The molecule has 0 saturated carbocycles. The molecule has 0 unspecified atom stereocenters. The number of aldehydes is 1. The van der Waals surface area contributed by atoms with E-state index >= 15 is 0 Å². The Labute approximate surface area is 120 Å². The van der Waals surface area contributed by atoms with Gasteiger partial charge in [-0.1, -0.05) is 24.3 Å². The van der Waals surface area contributed by atoms with Gasteiger partial charge in [-0.2, -0.15) is 0 Å². The molecule has 0 atom stereocenters. The number of nitrogens with zero attached hydrogens (tertiary/aromatic N) is 1. The van der Waals surface area contributed by atoms with Crippen molar-refractivity contribution >= 4 is 17.6 Å². The molecule has 0 amide bonds. The standard InChI is InChI=1S/C16H13NO2S/c1-11-5-2-3-6-12(11)16-17-13(8-9-18)15(19-16)14-7-4-10-20-14/h2-7,9-10H,8H2,1H3. The zero-order valence-electron chi connectivity index (χ0n) is 11.0. The Bertz CT molecular complexity index is 729. The maximum Gasteiger partial charge on any atom is 0.227 e. The Kier molecular flexibility index (Phi) is 3.48. The molecule has 0 aliphatic rings. The molecule has 0 aliphatic carbocycles. The fourth-order valence-corrected chi connectivity index (χ4v) is 2.82. The van der Waals surface area contributed by atoms with Gasteiger partial charge in [0.1, 0.15) is 6.29 Å². The number of aryl methyl sites for hydroxylation is 1. The average Bonchev–Trinajstić information content (AvgIpc) is 3.08. The van der Waals surface area contributed by atoms with Crippen LogP contribution in [0.15, 0.2) is 46.2 Å². The van der Waals surface area contributed by atoms with Gasteiger partial charge in [-0.25, -0.2) is 4.98 Å². The van der Waals surface area contributed by atoms with E-state index in [2.05, 4.69) is 4.98 Å². The monoisotopic (exact) mass is 283 g/mol. The summed E-state index contributed by atoms with van der Waals surface area (Å²) in [5.41, 5.74) is 2.76. The predicted molar refractivity (Wildman–Crippen MR) is 79.8 cm³/mol. The van der Waals surface area contributed by atoms with Crippen LogP contribution in [0, 0.1) is 6.92 Å². The van der Waals surface area contributed by atoms with Crippen molar-refractivity contribution in [2.24, 2.45) is 0 Å². The molecule has 0 N–H and O–H groups in total. The first-order chi connectivity index (χ1) is 9.79. The number of aromatic nitrogens is 1. The summed E-state index contributed by atoms with van der Waals surface area (Å²) in [6, 6.07) is 11.9. The summed E-state index contributed by atoms with van der Waals surface area (Å²) >= 11 is 1.58. The van der Waals surface area contributed by atoms with Gasteiger partial charge in [0.15, 0.2) is 5.76 Å². The van der Waals surface area contributed by atoms with Gasteiger partial charge in [0.05, 0.1) is 10.6 Å². The summed E-state index contributed by atoms with van der Waals surface area (Å²) in [6.07, 6.45) is 1.12. The van der Waals surface area contributed by atoms with E-state index in [1.165, 1.54) is 0 Å². The van der Waals surface area contributed by atoms with E-state index in [1.54, 1.807) is 11.3 Å². The highest BCUT2D eigenvalue weighted by atomic mass is 32.1. The van der Waals surface area contributed by atoms with Crippen molar-refractivity contribution in [2.45, 2.75) is 13.3 Å². The van der Waals surface area contributed by atoms with E-state index in [1.807, 2.05) is 48.7 Å². The van der Waals surface area contributed by atoms with E-state index < -0.39 is 0 Å². The highest BCUT2D eigenvalue weighted by molar-refractivity contribution is 7.13. The van der Waals surface area contributed by atoms with Crippen LogP contribution < -0.4 is 0 Å². The summed E-state index contributed by atoms with van der Waals surface area (Å²) in [7, 11) is 0. The quantitative estimate of drug-likeness (QED) is 0.676. The highest BCUT2D eigenvalue weighted by Gasteiger charge is 2.17. The molecule has 2 heterocycles. The van der Waals surface area contributed by atoms with E-state index in [0.717, 1.165) is 22.3 Å². The molecule has 3 rings (SSSR count). The first-order valence-corrected chi connectivity index (χ1v) is 7.21. The molecule has 1 aromatic carbocycles. The zero-order valence-corrected chi connectivity index (χ0v) is 11.8. The molecule has 20 heavy (non-hydrogen) atoms. The smallest absolute Gasteiger partial charge is 0.227 e. The number of hydrogen-bond acceptors (Lipinski definition) is 4. The number of carbonyl (C=O) groups is 1. The van der Waals surface area contributed by atoms with Gasteiger partial charge in [0.2, 0.25) is 5.89 Å². The normalized spacial score (nSPS) is 10.7. The minimum Gasteiger partial charge on any atom is -0.435 e. The first kappa shape index (κ1) is 12.8. The Morgan fingerprint density at radius 3 is 2.80 bits per heavy atom. The molecule has 4 heteroatoms. The van der Waals surface area contributed by atoms with Gasteiger partial charge in [-0.05, 0) is 30.0 Å². The van der Waals surface area contributed by atoms with Crippen LogP contribution in [0.2, 0.25) is 0 Å². The maximum absolute atomic E-state index is 10.8. The molecule has 0 bridgehead atoms. The molecule has 0 spiro atoms. The summed E-state index contributed by atoms with van der Waals surface area (Å²) in [4.78, 5) is 16.3. The summed E-state index contributed by atoms with van der Waals surface area (Å²) in [5.74, 6) is 1.27. The van der Waals surface area contributed by atoms with Gasteiger partial charge >= 0.3 is 0 Å². The highest BCUT2D eigenvalue weighted by Crippen LogP contribution is 2.33. The van der Waals surface area contributed by atoms with Crippen LogP contribution >= 0.6 is 11.3 Å². The van der Waals surface area contributed by atoms with Crippen LogP contribution in [0.25, 0.3) is 22.1 Å². The van der Waals surface area contributed by atoms with Crippen LogP contribution in [0.3, 0.4) is 0 Å². The second kappa shape index (κ2) is 5.43. The lowest BCUT2D eigenvalue weighted by molar-refractivity contribution is -0.107. The molecule has 100 valence electrons. The summed E-state index contributed by atoms with van der Waals surface area (Å²) in [5, 5.41) is 1.98. The fraction of sp³-hybridized carbons (Fsp3) is 0.125. The first-order valence-electron chi connectivity index (χ1n) is 6.33. The third-order valence-electron chi connectivity index (χ3n) is 3.09. The number of carbonyl (C=O) groups excluding carboxylic acids is 1. The Morgan fingerprint density at radius 1 is 1.25 bits per heavy atom. The van der Waals surface area contributed by atoms with Gasteiger partial charge in [0, 0.05) is 12.0 Å². The Morgan fingerprint density at radius 2 is 2.10 bits per heavy atom. The van der Waals surface area contributed by atoms with Crippen molar-refractivity contribution in [1.29, 1.82) is 0 Å². The van der Waals surface area contributed by atoms with Crippen molar-refractivity contribution in [3.8, 4) is 22.1 Å². The van der Waals surface area contributed by atoms with Crippen LogP contribution in [-0.2, 0) is 11.2 Å². The van der Waals surface area contributed by atoms with Crippen molar-refractivity contribution in [1.82, 2.24) is 4.98 Å². The summed E-state index contributed by atoms with van der Waals surface area (Å²) < 4.78 is 5.92. The third-order valence-corrected chi connectivity index (χ3v) is 3.96. The molecule has 0 fully saturated rings. The molecule has 3 nitrogen and oxygen atoms in total. The number of rotatable bonds is 4. The van der Waals surface area contributed by atoms with Crippen molar-refractivity contribution < 1.29 is 9.21 Å². The van der Waals surface area contributed by atoms with Gasteiger partial charge in [0.25, 0.3) is 0 Å². The molecular weight excluding hydrogens is 270 g/mol. The maximum atomic E-state index is 10.8. The van der Waals surface area contributed by atoms with E-state index in [0.29, 0.717) is 17.3 Å². The SMILES string of the molecule is Cc1ccccc1-c1nc(CC=O)c(-c2cccs2)o1. The van der Waals surface area contributed by atoms with Crippen LogP contribution in [0.4, 0.5) is 0 Å². The van der Waals surface area contributed by atoms with Gasteiger partial charge in [-0.15, -0.1) is 11.3 Å². The Balaban J connectivity index is 2.13. The van der Waals surface area contributed by atoms with E-state index in [4.69, 9.17) is 4.42 Å². The van der Waals surface area contributed by atoms with Crippen molar-refractivity contribution in [3.05, 3.63) is 53.0 Å². The lowest BCUT2D eigenvalue weighted by Gasteiger charge is -1.99. The second-order valence-electron chi connectivity index (χ2n) is 4.46. The van der Waals surface area contributed by atoms with E-state index in [-0.39, 0.29) is 6.42 Å².